The molecule has 1 aromatic heterocycles. The van der Waals surface area contributed by atoms with E-state index in [0.29, 0.717) is 6.04 Å². The standard InChI is InChI=1S/C16H25N5S.HI/c1-13-11-19-15(22-13)5-7-18-16(17-2)21-10-6-14(12-21)20-8-3-4-9-20;/h3-4,11,14H,5-10,12H2,1-2H3,(H,17,18);1H. The van der Waals surface area contributed by atoms with Crippen LogP contribution in [-0.4, -0.2) is 66.6 Å². The first-order valence-corrected chi connectivity index (χ1v) is 8.84. The predicted molar refractivity (Wildman–Crippen MR) is 108 cm³/mol. The predicted octanol–water partition coefficient (Wildman–Crippen LogP) is 2.13. The van der Waals surface area contributed by atoms with E-state index in [-0.39, 0.29) is 24.0 Å². The number of hydrogen-bond donors (Lipinski definition) is 1. The Balaban J connectivity index is 0.00000192. The molecule has 1 saturated heterocycles. The Labute approximate surface area is 159 Å². The van der Waals surface area contributed by atoms with Crippen LogP contribution >= 0.6 is 35.3 Å². The third kappa shape index (κ3) is 4.90. The van der Waals surface area contributed by atoms with Crippen LogP contribution < -0.4 is 5.32 Å². The van der Waals surface area contributed by atoms with Crippen molar-refractivity contribution in [2.75, 3.05) is 39.8 Å². The lowest BCUT2D eigenvalue weighted by Crippen LogP contribution is -2.43. The highest BCUT2D eigenvalue weighted by Gasteiger charge is 2.29. The minimum atomic E-state index is 0. The smallest absolute Gasteiger partial charge is 0.193 e. The first-order valence-electron chi connectivity index (χ1n) is 8.02. The minimum absolute atomic E-state index is 0. The molecule has 3 rings (SSSR count). The molecule has 1 N–H and O–H groups in total. The Kier molecular flexibility index (Phi) is 7.29. The van der Waals surface area contributed by atoms with Crippen molar-refractivity contribution in [2.45, 2.75) is 25.8 Å². The molecule has 0 aliphatic carbocycles. The molecule has 0 amide bonds. The zero-order valence-corrected chi connectivity index (χ0v) is 17.0. The number of nitrogens with one attached hydrogen (secondary N) is 1. The average molecular weight is 447 g/mol. The summed E-state index contributed by atoms with van der Waals surface area (Å²) < 4.78 is 0. The number of nitrogens with zero attached hydrogens (tertiary/aromatic N) is 4. The van der Waals surface area contributed by atoms with Crippen LogP contribution in [0.15, 0.2) is 23.3 Å². The summed E-state index contributed by atoms with van der Waals surface area (Å²) in [5.74, 6) is 1.03. The third-order valence-electron chi connectivity index (χ3n) is 4.33. The molecule has 1 atom stereocenters. The number of halogens is 1. The summed E-state index contributed by atoms with van der Waals surface area (Å²) >= 11 is 1.78. The van der Waals surface area contributed by atoms with Crippen LogP contribution in [0.4, 0.5) is 0 Å². The zero-order chi connectivity index (χ0) is 15.4. The van der Waals surface area contributed by atoms with Crippen molar-refractivity contribution in [3.63, 3.8) is 0 Å². The van der Waals surface area contributed by atoms with E-state index in [0.717, 1.165) is 45.1 Å². The zero-order valence-electron chi connectivity index (χ0n) is 13.9. The van der Waals surface area contributed by atoms with E-state index >= 15 is 0 Å². The fourth-order valence-corrected chi connectivity index (χ4v) is 3.94. The summed E-state index contributed by atoms with van der Waals surface area (Å²) in [6, 6.07) is 0.662. The van der Waals surface area contributed by atoms with Crippen molar-refractivity contribution in [1.29, 1.82) is 0 Å². The summed E-state index contributed by atoms with van der Waals surface area (Å²) in [4.78, 5) is 15.1. The van der Waals surface area contributed by atoms with Crippen LogP contribution in [0.3, 0.4) is 0 Å². The number of likely N-dealkylation sites (tertiary alicyclic amines) is 1. The summed E-state index contributed by atoms with van der Waals surface area (Å²) in [6.45, 7) is 7.38. The third-order valence-corrected chi connectivity index (χ3v) is 5.30. The van der Waals surface area contributed by atoms with E-state index in [9.17, 15) is 0 Å². The molecule has 7 heteroatoms. The lowest BCUT2D eigenvalue weighted by atomic mass is 10.2. The Bertz CT molecular complexity index is 548. The molecular weight excluding hydrogens is 421 g/mol. The number of guanidine groups is 1. The van der Waals surface area contributed by atoms with Crippen LogP contribution in [0.1, 0.15) is 16.3 Å². The summed E-state index contributed by atoms with van der Waals surface area (Å²) in [6.07, 6.45) is 8.68. The second kappa shape index (κ2) is 8.98. The summed E-state index contributed by atoms with van der Waals surface area (Å²) in [5, 5.41) is 4.69. The summed E-state index contributed by atoms with van der Waals surface area (Å²) in [7, 11) is 1.88. The van der Waals surface area contributed by atoms with E-state index in [2.05, 4.69) is 44.2 Å². The molecule has 5 nitrogen and oxygen atoms in total. The van der Waals surface area contributed by atoms with Gasteiger partial charge >= 0.3 is 0 Å². The molecule has 1 aromatic rings. The van der Waals surface area contributed by atoms with Gasteiger partial charge in [0.15, 0.2) is 5.96 Å². The first kappa shape index (κ1) is 18.7. The van der Waals surface area contributed by atoms with Crippen molar-refractivity contribution in [3.8, 4) is 0 Å². The Morgan fingerprint density at radius 2 is 2.22 bits per heavy atom. The first-order chi connectivity index (χ1) is 10.8. The van der Waals surface area contributed by atoms with Gasteiger partial charge in [-0.25, -0.2) is 4.98 Å². The van der Waals surface area contributed by atoms with Crippen LogP contribution in [0, 0.1) is 6.92 Å². The Morgan fingerprint density at radius 3 is 2.87 bits per heavy atom. The van der Waals surface area contributed by atoms with E-state index in [4.69, 9.17) is 0 Å². The van der Waals surface area contributed by atoms with Crippen molar-refractivity contribution in [2.24, 2.45) is 4.99 Å². The van der Waals surface area contributed by atoms with Crippen molar-refractivity contribution in [3.05, 3.63) is 28.2 Å². The van der Waals surface area contributed by atoms with Crippen LogP contribution in [-0.2, 0) is 6.42 Å². The number of aryl methyl sites for hydroxylation is 1. The minimum Gasteiger partial charge on any atom is -0.356 e. The molecule has 0 aromatic carbocycles. The van der Waals surface area contributed by atoms with E-state index in [1.165, 1.54) is 16.3 Å². The topological polar surface area (TPSA) is 43.8 Å². The van der Waals surface area contributed by atoms with Gasteiger partial charge in [0.25, 0.3) is 0 Å². The van der Waals surface area contributed by atoms with Crippen molar-refractivity contribution >= 4 is 41.3 Å². The maximum atomic E-state index is 4.45. The number of aromatic nitrogens is 1. The number of thiazole rings is 1. The van der Waals surface area contributed by atoms with Gasteiger partial charge in [0.2, 0.25) is 0 Å². The van der Waals surface area contributed by atoms with E-state index in [1.54, 1.807) is 11.3 Å². The monoisotopic (exact) mass is 447 g/mol. The van der Waals surface area contributed by atoms with Gasteiger partial charge in [-0.05, 0) is 13.3 Å². The van der Waals surface area contributed by atoms with Crippen molar-refractivity contribution in [1.82, 2.24) is 20.1 Å². The van der Waals surface area contributed by atoms with E-state index < -0.39 is 0 Å². The lowest BCUT2D eigenvalue weighted by molar-refractivity contribution is 0.259. The van der Waals surface area contributed by atoms with Gasteiger partial charge in [0, 0.05) is 63.3 Å². The number of aliphatic imine (C=N–C) groups is 1. The van der Waals surface area contributed by atoms with Gasteiger partial charge in [-0.3, -0.25) is 9.89 Å². The SMILES string of the molecule is CN=C(NCCc1ncc(C)s1)N1CCC(N2CC=CC2)C1.I. The summed E-state index contributed by atoms with van der Waals surface area (Å²) in [5.41, 5.74) is 0. The number of rotatable bonds is 4. The fourth-order valence-electron chi connectivity index (χ4n) is 3.16. The lowest BCUT2D eigenvalue weighted by Gasteiger charge is -2.25. The highest BCUT2D eigenvalue weighted by atomic mass is 127. The molecule has 0 bridgehead atoms. The molecule has 0 spiro atoms. The van der Waals surface area contributed by atoms with Gasteiger partial charge < -0.3 is 10.2 Å². The van der Waals surface area contributed by atoms with Gasteiger partial charge in [-0.2, -0.15) is 0 Å². The van der Waals surface area contributed by atoms with Gasteiger partial charge in [0.1, 0.15) is 0 Å². The molecule has 2 aliphatic rings. The largest absolute Gasteiger partial charge is 0.356 e. The van der Waals surface area contributed by atoms with Gasteiger partial charge in [0.05, 0.1) is 5.01 Å². The average Bonchev–Trinajstić information content (AvgIpc) is 3.24. The molecule has 2 aliphatic heterocycles. The Morgan fingerprint density at radius 1 is 1.43 bits per heavy atom. The van der Waals surface area contributed by atoms with E-state index in [1.807, 2.05) is 13.2 Å². The van der Waals surface area contributed by atoms with Crippen LogP contribution in [0.2, 0.25) is 0 Å². The maximum Gasteiger partial charge on any atom is 0.193 e. The highest BCUT2D eigenvalue weighted by molar-refractivity contribution is 14.0. The van der Waals surface area contributed by atoms with Gasteiger partial charge in [-0.1, -0.05) is 12.2 Å². The number of hydrogen-bond acceptors (Lipinski definition) is 4. The maximum absolute atomic E-state index is 4.45. The Hall–Kier alpha value is -0.670. The molecule has 0 radical (unpaired) electrons. The molecule has 128 valence electrons. The molecule has 23 heavy (non-hydrogen) atoms. The molecule has 1 fully saturated rings. The van der Waals surface area contributed by atoms with Crippen LogP contribution in [0.5, 0.6) is 0 Å². The molecule has 3 heterocycles. The molecular formula is C16H26IN5S. The quantitative estimate of drug-likeness (QED) is 0.333. The second-order valence-corrected chi connectivity index (χ2v) is 7.22. The fraction of sp³-hybridized carbons (Fsp3) is 0.625. The molecule has 1 unspecified atom stereocenters. The van der Waals surface area contributed by atoms with Crippen LogP contribution in [0.25, 0.3) is 0 Å². The van der Waals surface area contributed by atoms with Crippen molar-refractivity contribution < 1.29 is 0 Å². The van der Waals surface area contributed by atoms with Gasteiger partial charge in [-0.15, -0.1) is 35.3 Å². The second-order valence-electron chi connectivity index (χ2n) is 5.90. The molecule has 0 saturated carbocycles. The normalized spacial score (nSPS) is 21.7. The highest BCUT2D eigenvalue weighted by Crippen LogP contribution is 2.18.